The Hall–Kier alpha value is 0.250. The number of hydrogen-bond acceptors (Lipinski definition) is 1. The first kappa shape index (κ1) is 37.4. The van der Waals surface area contributed by atoms with Crippen molar-refractivity contribution in [2.75, 3.05) is 0 Å². The fraction of sp³-hybridized carbons (Fsp3) is 1.00. The number of unbranched alkanes of at least 4 members (excludes halogenated alkanes) is 26. The Morgan fingerprint density at radius 1 is 0.314 bits per heavy atom. The van der Waals surface area contributed by atoms with Gasteiger partial charge < -0.3 is 6.15 Å². The van der Waals surface area contributed by atoms with E-state index in [-0.39, 0.29) is 6.15 Å². The number of alkyl halides is 1. The lowest BCUT2D eigenvalue weighted by Crippen LogP contribution is -1.98. The third kappa shape index (κ3) is 34.2. The lowest BCUT2D eigenvalue weighted by atomic mass is 10.0. The maximum Gasteiger partial charge on any atom is 0.0336 e. The van der Waals surface area contributed by atoms with Crippen molar-refractivity contribution in [1.82, 2.24) is 6.15 Å². The van der Waals surface area contributed by atoms with E-state index in [0.29, 0.717) is 5.38 Å². The molecular formula is C33H70ClN. The first-order valence-corrected chi connectivity index (χ1v) is 16.9. The summed E-state index contributed by atoms with van der Waals surface area (Å²) in [6.45, 7) is 4.60. The van der Waals surface area contributed by atoms with Crippen LogP contribution in [0.3, 0.4) is 0 Å². The van der Waals surface area contributed by atoms with Gasteiger partial charge in [0, 0.05) is 5.38 Å². The van der Waals surface area contributed by atoms with Crippen molar-refractivity contribution in [3.63, 3.8) is 0 Å². The SMILES string of the molecule is CCCCCCCCCCCCCCCCC(Cl)CCCCCCCCCCCCCCCC.N. The van der Waals surface area contributed by atoms with Crippen molar-refractivity contribution >= 4 is 11.6 Å². The molecule has 0 aliphatic rings. The molecule has 0 heterocycles. The van der Waals surface area contributed by atoms with Crippen LogP contribution in [0.1, 0.15) is 206 Å². The molecule has 0 atom stereocenters. The molecule has 35 heavy (non-hydrogen) atoms. The Kier molecular flexibility index (Phi) is 36.6. The quantitative estimate of drug-likeness (QED) is 0.0748. The van der Waals surface area contributed by atoms with Crippen LogP contribution in [0.15, 0.2) is 0 Å². The summed E-state index contributed by atoms with van der Waals surface area (Å²) in [5.74, 6) is 0. The van der Waals surface area contributed by atoms with Crippen LogP contribution in [0.2, 0.25) is 0 Å². The van der Waals surface area contributed by atoms with Gasteiger partial charge in [0.15, 0.2) is 0 Å². The highest BCUT2D eigenvalue weighted by atomic mass is 35.5. The predicted octanol–water partition coefficient (Wildman–Crippen LogP) is 13.5. The molecule has 0 unspecified atom stereocenters. The van der Waals surface area contributed by atoms with Crippen molar-refractivity contribution in [2.45, 2.75) is 212 Å². The second-order valence-corrected chi connectivity index (χ2v) is 12.0. The monoisotopic (exact) mass is 516 g/mol. The van der Waals surface area contributed by atoms with Crippen LogP contribution in [0.5, 0.6) is 0 Å². The molecule has 0 aromatic rings. The van der Waals surface area contributed by atoms with Crippen molar-refractivity contribution in [3.8, 4) is 0 Å². The third-order valence-corrected chi connectivity index (χ3v) is 8.18. The molecule has 3 N–H and O–H groups in total. The van der Waals surface area contributed by atoms with Gasteiger partial charge in [0.2, 0.25) is 0 Å². The minimum absolute atomic E-state index is 0. The summed E-state index contributed by atoms with van der Waals surface area (Å²) in [4.78, 5) is 0. The first-order valence-electron chi connectivity index (χ1n) is 16.4. The van der Waals surface area contributed by atoms with Crippen LogP contribution in [-0.2, 0) is 0 Å². The fourth-order valence-corrected chi connectivity index (χ4v) is 5.57. The van der Waals surface area contributed by atoms with Gasteiger partial charge >= 0.3 is 0 Å². The smallest absolute Gasteiger partial charge is 0.0336 e. The Balaban J connectivity index is 0. The molecule has 0 saturated heterocycles. The van der Waals surface area contributed by atoms with E-state index in [1.807, 2.05) is 0 Å². The molecule has 0 radical (unpaired) electrons. The van der Waals surface area contributed by atoms with Gasteiger partial charge in [-0.15, -0.1) is 11.6 Å². The van der Waals surface area contributed by atoms with E-state index in [0.717, 1.165) is 0 Å². The van der Waals surface area contributed by atoms with Crippen LogP contribution in [0.25, 0.3) is 0 Å². The number of halogens is 1. The molecule has 214 valence electrons. The van der Waals surface area contributed by atoms with Gasteiger partial charge in [0.1, 0.15) is 0 Å². The Bertz CT molecular complexity index is 314. The van der Waals surface area contributed by atoms with E-state index in [4.69, 9.17) is 11.6 Å². The van der Waals surface area contributed by atoms with Crippen molar-refractivity contribution < 1.29 is 0 Å². The molecule has 0 bridgehead atoms. The summed E-state index contributed by atoms with van der Waals surface area (Å²) < 4.78 is 0. The topological polar surface area (TPSA) is 35.0 Å². The van der Waals surface area contributed by atoms with Gasteiger partial charge in [-0.2, -0.15) is 0 Å². The zero-order valence-electron chi connectivity index (χ0n) is 24.9. The normalized spacial score (nSPS) is 11.3. The molecule has 0 amide bonds. The first-order chi connectivity index (χ1) is 16.8. The van der Waals surface area contributed by atoms with Crippen LogP contribution in [0.4, 0.5) is 0 Å². The molecule has 0 spiro atoms. The predicted molar refractivity (Wildman–Crippen MR) is 165 cm³/mol. The molecule has 0 aliphatic carbocycles. The Labute approximate surface area is 229 Å². The van der Waals surface area contributed by atoms with Crippen molar-refractivity contribution in [2.24, 2.45) is 0 Å². The maximum atomic E-state index is 6.58. The average Bonchev–Trinajstić information content (AvgIpc) is 2.84. The van der Waals surface area contributed by atoms with Gasteiger partial charge in [-0.1, -0.05) is 194 Å². The highest BCUT2D eigenvalue weighted by Gasteiger charge is 2.04. The lowest BCUT2D eigenvalue weighted by molar-refractivity contribution is 0.515. The zero-order valence-corrected chi connectivity index (χ0v) is 25.6. The van der Waals surface area contributed by atoms with Crippen molar-refractivity contribution in [1.29, 1.82) is 0 Å². The molecule has 0 aromatic heterocycles. The summed E-state index contributed by atoms with van der Waals surface area (Å²) in [6.07, 6.45) is 42.8. The summed E-state index contributed by atoms with van der Waals surface area (Å²) in [6, 6.07) is 0. The largest absolute Gasteiger partial charge is 0.344 e. The van der Waals surface area contributed by atoms with Gasteiger partial charge in [0.25, 0.3) is 0 Å². The standard InChI is InChI=1S/C33H67Cl.H3N/c1-3-5-7-9-11-13-15-17-19-21-23-25-27-29-31-33(34)32-30-28-26-24-22-20-18-16-14-12-10-8-6-4-2;/h33H,3-32H2,1-2H3;1H3. The van der Waals surface area contributed by atoms with Crippen LogP contribution >= 0.6 is 11.6 Å². The zero-order chi connectivity index (χ0) is 24.8. The van der Waals surface area contributed by atoms with Crippen LogP contribution < -0.4 is 6.15 Å². The average molecular weight is 516 g/mol. The molecule has 1 nitrogen and oxygen atoms in total. The van der Waals surface area contributed by atoms with Gasteiger partial charge in [0.05, 0.1) is 0 Å². The van der Waals surface area contributed by atoms with E-state index < -0.39 is 0 Å². The Morgan fingerprint density at radius 3 is 0.686 bits per heavy atom. The van der Waals surface area contributed by atoms with Gasteiger partial charge in [-0.05, 0) is 12.8 Å². The van der Waals surface area contributed by atoms with E-state index in [9.17, 15) is 0 Å². The summed E-state index contributed by atoms with van der Waals surface area (Å²) in [5.41, 5.74) is 0. The van der Waals surface area contributed by atoms with Crippen LogP contribution in [-0.4, -0.2) is 5.38 Å². The minimum Gasteiger partial charge on any atom is -0.344 e. The number of hydrogen-bond donors (Lipinski definition) is 1. The van der Waals surface area contributed by atoms with E-state index in [1.165, 1.54) is 193 Å². The fourth-order valence-electron chi connectivity index (χ4n) is 5.27. The summed E-state index contributed by atoms with van der Waals surface area (Å²) >= 11 is 6.58. The minimum atomic E-state index is 0. The lowest BCUT2D eigenvalue weighted by Gasteiger charge is -2.09. The second-order valence-electron chi connectivity index (χ2n) is 11.4. The Morgan fingerprint density at radius 2 is 0.486 bits per heavy atom. The molecule has 2 heteroatoms. The van der Waals surface area contributed by atoms with E-state index >= 15 is 0 Å². The van der Waals surface area contributed by atoms with Gasteiger partial charge in [-0.25, -0.2) is 0 Å². The van der Waals surface area contributed by atoms with Crippen LogP contribution in [0, 0.1) is 0 Å². The van der Waals surface area contributed by atoms with Crippen molar-refractivity contribution in [3.05, 3.63) is 0 Å². The summed E-state index contributed by atoms with van der Waals surface area (Å²) in [7, 11) is 0. The highest BCUT2D eigenvalue weighted by molar-refractivity contribution is 6.20. The number of rotatable bonds is 30. The summed E-state index contributed by atoms with van der Waals surface area (Å²) in [5, 5.41) is 0.439. The molecular weight excluding hydrogens is 446 g/mol. The van der Waals surface area contributed by atoms with Gasteiger partial charge in [-0.3, -0.25) is 0 Å². The molecule has 0 fully saturated rings. The third-order valence-electron chi connectivity index (χ3n) is 7.74. The second kappa shape index (κ2) is 34.2. The van der Waals surface area contributed by atoms with E-state index in [2.05, 4.69) is 13.8 Å². The molecule has 0 aromatic carbocycles. The van der Waals surface area contributed by atoms with E-state index in [1.54, 1.807) is 0 Å². The maximum absolute atomic E-state index is 6.58. The molecule has 0 aliphatic heterocycles. The molecule has 0 rings (SSSR count). The molecule has 0 saturated carbocycles. The highest BCUT2D eigenvalue weighted by Crippen LogP contribution is 2.19.